The Morgan fingerprint density at radius 3 is 1.31 bits per heavy atom. The van der Waals surface area contributed by atoms with Gasteiger partial charge in [0.2, 0.25) is 0 Å². The molecule has 12 rings (SSSR count). The lowest BCUT2D eigenvalue weighted by atomic mass is 9.44. The highest BCUT2D eigenvalue weighted by atomic mass is 32.2. The molecule has 6 atom stereocenters. The third-order valence-electron chi connectivity index (χ3n) is 14.7. The van der Waals surface area contributed by atoms with E-state index in [0.29, 0.717) is 23.7 Å². The number of halogens is 6. The third kappa shape index (κ3) is 2.56. The molecular formula is C37H34F6S2. The summed E-state index contributed by atoms with van der Waals surface area (Å²) in [6.07, 6.45) is 3.72. The van der Waals surface area contributed by atoms with E-state index in [-0.39, 0.29) is 20.6 Å². The highest BCUT2D eigenvalue weighted by Crippen LogP contribution is 2.80. The summed E-state index contributed by atoms with van der Waals surface area (Å²) in [7, 11) is 0. The molecule has 2 aliphatic heterocycles. The van der Waals surface area contributed by atoms with Crippen molar-refractivity contribution in [3.8, 4) is 0 Å². The molecule has 10 aliphatic rings. The van der Waals surface area contributed by atoms with Crippen molar-refractivity contribution in [2.24, 2.45) is 22.7 Å². The Bertz CT molecular complexity index is 1780. The van der Waals surface area contributed by atoms with Crippen molar-refractivity contribution >= 4 is 23.5 Å². The Balaban J connectivity index is 1.33. The van der Waals surface area contributed by atoms with Crippen molar-refractivity contribution in [2.45, 2.75) is 117 Å². The van der Waals surface area contributed by atoms with Crippen LogP contribution < -0.4 is 0 Å². The second kappa shape index (κ2) is 7.43. The summed E-state index contributed by atoms with van der Waals surface area (Å²) in [4.78, 5) is 1.50. The van der Waals surface area contributed by atoms with E-state index < -0.39 is 39.7 Å². The summed E-state index contributed by atoms with van der Waals surface area (Å²) in [6, 6.07) is 8.10. The number of thioether (sulfide) groups is 2. The van der Waals surface area contributed by atoms with Gasteiger partial charge in [0.25, 0.3) is 0 Å². The van der Waals surface area contributed by atoms with Gasteiger partial charge in [-0.1, -0.05) is 63.4 Å². The highest BCUT2D eigenvalue weighted by molar-refractivity contribution is 8.04. The Hall–Kier alpha value is -1.80. The van der Waals surface area contributed by atoms with E-state index >= 15 is 26.3 Å². The zero-order valence-electron chi connectivity index (χ0n) is 26.0. The molecule has 0 radical (unpaired) electrons. The summed E-state index contributed by atoms with van der Waals surface area (Å²) in [6.45, 7) is 13.0. The SMILES string of the molecule is CC1(C)[C@H]2Cc3c(ccc4c3[C@]3(C)C(=C5C(=C6Sc7ccc8c(c7[C@]63C)C[C@@H]3C[C@@H]8C3(C)C)C(F)(F)C(F)(F)C5(F)F)S4)[C@H]1C2. The lowest BCUT2D eigenvalue weighted by Gasteiger charge is -2.59. The van der Waals surface area contributed by atoms with Crippen LogP contribution in [0, 0.1) is 22.7 Å². The van der Waals surface area contributed by atoms with E-state index in [0.717, 1.165) is 81.3 Å². The van der Waals surface area contributed by atoms with Crippen LogP contribution in [0.1, 0.15) is 99.6 Å². The molecule has 0 unspecified atom stereocenters. The molecule has 0 saturated heterocycles. The predicted molar refractivity (Wildman–Crippen MR) is 165 cm³/mol. The van der Waals surface area contributed by atoms with Gasteiger partial charge in [-0.25, -0.2) is 0 Å². The Labute approximate surface area is 267 Å². The van der Waals surface area contributed by atoms with Crippen LogP contribution in [0.3, 0.4) is 0 Å². The van der Waals surface area contributed by atoms with Gasteiger partial charge < -0.3 is 0 Å². The molecule has 8 aliphatic carbocycles. The second-order valence-electron chi connectivity index (χ2n) is 16.6. The second-order valence-corrected chi connectivity index (χ2v) is 18.7. The van der Waals surface area contributed by atoms with Gasteiger partial charge in [-0.05, 0) is 120 Å². The van der Waals surface area contributed by atoms with E-state index in [2.05, 4.69) is 39.8 Å². The van der Waals surface area contributed by atoms with E-state index in [1.807, 2.05) is 26.0 Å². The van der Waals surface area contributed by atoms with Gasteiger partial charge in [-0.3, -0.25) is 0 Å². The molecule has 236 valence electrons. The number of fused-ring (bicyclic) bond motifs is 8. The quantitative estimate of drug-likeness (QED) is 0.259. The lowest BCUT2D eigenvalue weighted by Crippen LogP contribution is -2.53. The number of alkyl halides is 6. The van der Waals surface area contributed by atoms with Crippen molar-refractivity contribution in [3.05, 3.63) is 78.6 Å². The number of hydrogen-bond acceptors (Lipinski definition) is 2. The van der Waals surface area contributed by atoms with Gasteiger partial charge in [-0.15, -0.1) is 0 Å². The highest BCUT2D eigenvalue weighted by Gasteiger charge is 2.85. The fourth-order valence-electron chi connectivity index (χ4n) is 11.5. The Morgan fingerprint density at radius 1 is 0.578 bits per heavy atom. The van der Waals surface area contributed by atoms with Gasteiger partial charge >= 0.3 is 17.8 Å². The lowest BCUT2D eigenvalue weighted by molar-refractivity contribution is -0.258. The molecule has 8 heteroatoms. The molecule has 45 heavy (non-hydrogen) atoms. The van der Waals surface area contributed by atoms with Crippen LogP contribution in [0.2, 0.25) is 0 Å². The van der Waals surface area contributed by atoms with Gasteiger partial charge in [0.05, 0.1) is 0 Å². The van der Waals surface area contributed by atoms with E-state index in [1.54, 1.807) is 0 Å². The molecule has 0 N–H and O–H groups in total. The van der Waals surface area contributed by atoms with Gasteiger partial charge in [-0.2, -0.15) is 26.3 Å². The van der Waals surface area contributed by atoms with Gasteiger partial charge in [0.1, 0.15) is 0 Å². The van der Waals surface area contributed by atoms with Crippen molar-refractivity contribution in [3.63, 3.8) is 0 Å². The van der Waals surface area contributed by atoms with E-state index in [9.17, 15) is 0 Å². The number of hydrogen-bond donors (Lipinski definition) is 0. The average molecular weight is 657 g/mol. The van der Waals surface area contributed by atoms with Crippen molar-refractivity contribution in [1.82, 2.24) is 0 Å². The maximum atomic E-state index is 16.1. The van der Waals surface area contributed by atoms with Crippen LogP contribution in [-0.2, 0) is 23.7 Å². The monoisotopic (exact) mass is 656 g/mol. The Morgan fingerprint density at radius 2 is 0.956 bits per heavy atom. The first-order valence-corrected chi connectivity index (χ1v) is 17.8. The molecule has 0 spiro atoms. The molecule has 3 saturated carbocycles. The first kappa shape index (κ1) is 28.2. The van der Waals surface area contributed by atoms with Crippen molar-refractivity contribution in [2.75, 3.05) is 0 Å². The van der Waals surface area contributed by atoms with Crippen LogP contribution in [0.5, 0.6) is 0 Å². The van der Waals surface area contributed by atoms with Gasteiger partial charge in [0.15, 0.2) is 0 Å². The Kier molecular flexibility index (Phi) is 4.66. The molecule has 0 aromatic heterocycles. The zero-order valence-corrected chi connectivity index (χ0v) is 27.7. The molecule has 2 aromatic rings. The van der Waals surface area contributed by atoms with Crippen LogP contribution in [0.25, 0.3) is 0 Å². The number of benzene rings is 2. The molecule has 2 aromatic carbocycles. The molecular weight excluding hydrogens is 623 g/mol. The topological polar surface area (TPSA) is 0 Å². The van der Waals surface area contributed by atoms with Crippen LogP contribution in [0.4, 0.5) is 26.3 Å². The van der Waals surface area contributed by atoms with Crippen LogP contribution >= 0.6 is 23.5 Å². The molecule has 4 bridgehead atoms. The molecule has 0 nitrogen and oxygen atoms in total. The molecule has 3 fully saturated rings. The zero-order chi connectivity index (χ0) is 31.8. The van der Waals surface area contributed by atoms with Gasteiger partial charge in [0, 0.05) is 41.6 Å². The third-order valence-corrected chi connectivity index (χ3v) is 17.4. The summed E-state index contributed by atoms with van der Waals surface area (Å²) in [5, 5.41) is 0. The van der Waals surface area contributed by atoms with Crippen molar-refractivity contribution in [1.29, 1.82) is 0 Å². The van der Waals surface area contributed by atoms with E-state index in [4.69, 9.17) is 0 Å². The van der Waals surface area contributed by atoms with E-state index in [1.165, 1.54) is 11.1 Å². The summed E-state index contributed by atoms with van der Waals surface area (Å²) in [5.41, 5.74) is 2.12. The van der Waals surface area contributed by atoms with Crippen molar-refractivity contribution < 1.29 is 26.3 Å². The average Bonchev–Trinajstić information content (AvgIpc) is 3.50. The molecule has 2 heterocycles. The molecule has 0 amide bonds. The number of allylic oxidation sites excluding steroid dienone is 4. The summed E-state index contributed by atoms with van der Waals surface area (Å²) in [5.74, 6) is -14.0. The maximum absolute atomic E-state index is 16.1. The first-order valence-electron chi connectivity index (χ1n) is 16.2. The normalized spacial score (nSPS) is 39.9. The summed E-state index contributed by atoms with van der Waals surface area (Å²) >= 11 is 2.09. The minimum absolute atomic E-state index is 0.000131. The first-order chi connectivity index (χ1) is 20.8. The minimum atomic E-state index is -5.53. The summed E-state index contributed by atoms with van der Waals surface area (Å²) < 4.78 is 95.2. The fourth-order valence-corrected chi connectivity index (χ4v) is 14.7. The number of rotatable bonds is 0. The maximum Gasteiger partial charge on any atom is 0.380 e. The predicted octanol–water partition coefficient (Wildman–Crippen LogP) is 10.9. The smallest absolute Gasteiger partial charge is 0.194 e. The fraction of sp³-hybridized carbons (Fsp3) is 0.568. The van der Waals surface area contributed by atoms with Crippen LogP contribution in [-0.4, -0.2) is 17.8 Å². The van der Waals surface area contributed by atoms with Crippen LogP contribution in [0.15, 0.2) is 55.0 Å². The standard InChI is InChI=1S/C37H34F6S2/c1-31(2)15-11-19-17(21(31)13-15)7-9-23-25(19)33(5)29(44-23)27-28(36(40,41)37(42,43)35(27,38)39)30-34(33,6)26-20-12-16-14-22(32(16,3)4)18(20)8-10-24(26)45-30/h7-10,15-16,21-22H,11-14H2,1-6H3/t15-,16+,21+,22-,33-,34-/m1/s1. The largest absolute Gasteiger partial charge is 0.380 e. The minimum Gasteiger partial charge on any atom is -0.194 e.